The van der Waals surface area contributed by atoms with Crippen LogP contribution in [0.5, 0.6) is 0 Å². The van der Waals surface area contributed by atoms with Crippen molar-refractivity contribution < 1.29 is 4.79 Å². The number of nitriles is 1. The highest BCUT2D eigenvalue weighted by atomic mass is 16.2. The molecule has 4 nitrogen and oxygen atoms in total. The fourth-order valence-electron chi connectivity index (χ4n) is 3.40. The molecule has 1 saturated carbocycles. The Morgan fingerprint density at radius 1 is 1.20 bits per heavy atom. The van der Waals surface area contributed by atoms with Crippen molar-refractivity contribution in [2.75, 3.05) is 10.6 Å². The molecule has 1 aliphatic carbocycles. The van der Waals surface area contributed by atoms with Crippen LogP contribution in [0.3, 0.4) is 0 Å². The molecule has 1 heterocycles. The summed E-state index contributed by atoms with van der Waals surface area (Å²) in [5.74, 6) is 0.375. The van der Waals surface area contributed by atoms with Gasteiger partial charge in [0.25, 0.3) is 0 Å². The van der Waals surface area contributed by atoms with Gasteiger partial charge in [0.15, 0.2) is 0 Å². The van der Waals surface area contributed by atoms with E-state index in [1.165, 1.54) is 5.56 Å². The average Bonchev–Trinajstić information content (AvgIpc) is 2.48. The minimum atomic E-state index is 0.164. The van der Waals surface area contributed by atoms with Gasteiger partial charge in [-0.1, -0.05) is 0 Å². The molecule has 0 aromatic heterocycles. The highest BCUT2D eigenvalue weighted by Crippen LogP contribution is 2.36. The van der Waals surface area contributed by atoms with Crippen molar-refractivity contribution in [1.82, 2.24) is 0 Å². The number of nitrogens with zero attached hydrogens (tertiary/aromatic N) is 2. The van der Waals surface area contributed by atoms with Crippen LogP contribution in [0, 0.1) is 17.2 Å². The molecule has 2 N–H and O–H groups in total. The summed E-state index contributed by atoms with van der Waals surface area (Å²) in [5.41, 5.74) is 8.79. The number of anilines is 2. The quantitative estimate of drug-likeness (QED) is 0.797. The number of carbonyl (C=O) groups excluding carboxylic acids is 1. The highest BCUT2D eigenvalue weighted by Gasteiger charge is 2.33. The molecule has 0 bridgehead atoms. The third-order valence-corrected chi connectivity index (χ3v) is 4.48. The molecule has 0 saturated heterocycles. The van der Waals surface area contributed by atoms with Crippen LogP contribution in [-0.4, -0.2) is 11.9 Å². The van der Waals surface area contributed by atoms with E-state index in [9.17, 15) is 4.79 Å². The van der Waals surface area contributed by atoms with Crippen LogP contribution < -0.4 is 10.6 Å². The van der Waals surface area contributed by atoms with E-state index in [4.69, 9.17) is 11.0 Å². The van der Waals surface area contributed by atoms with Crippen LogP contribution in [0.15, 0.2) is 18.2 Å². The summed E-state index contributed by atoms with van der Waals surface area (Å²) in [6, 6.07) is 8.41. The maximum Gasteiger partial charge on any atom is 0.227 e. The van der Waals surface area contributed by atoms with Crippen molar-refractivity contribution in [3.05, 3.63) is 23.8 Å². The lowest BCUT2D eigenvalue weighted by molar-refractivity contribution is -0.119. The second kappa shape index (κ2) is 5.16. The predicted octanol–water partition coefficient (Wildman–Crippen LogP) is 2.63. The summed E-state index contributed by atoms with van der Waals surface area (Å²) < 4.78 is 0. The Morgan fingerprint density at radius 2 is 1.95 bits per heavy atom. The third-order valence-electron chi connectivity index (χ3n) is 4.48. The Bertz CT molecular complexity index is 568. The molecule has 3 rings (SSSR count). The van der Waals surface area contributed by atoms with Crippen molar-refractivity contribution in [2.45, 2.75) is 44.6 Å². The van der Waals surface area contributed by atoms with Gasteiger partial charge in [-0.25, -0.2) is 0 Å². The number of nitrogens with two attached hydrogens (primary N) is 1. The van der Waals surface area contributed by atoms with Gasteiger partial charge in [0, 0.05) is 29.8 Å². The standard InChI is InChI=1S/C16H19N3O/c17-10-11-1-5-14(6-2-11)19-15-7-4-13(18)9-12(15)3-8-16(19)20/h4,7,9,11,14H,1-3,5-6,8,18H2. The van der Waals surface area contributed by atoms with Gasteiger partial charge < -0.3 is 10.6 Å². The van der Waals surface area contributed by atoms with E-state index in [0.29, 0.717) is 6.42 Å². The van der Waals surface area contributed by atoms with Gasteiger partial charge in [-0.15, -0.1) is 0 Å². The number of benzene rings is 1. The second-order valence-corrected chi connectivity index (χ2v) is 5.79. The maximum atomic E-state index is 12.3. The third kappa shape index (κ3) is 2.24. The van der Waals surface area contributed by atoms with E-state index in [-0.39, 0.29) is 17.9 Å². The number of carbonyl (C=O) groups is 1. The first-order valence-electron chi connectivity index (χ1n) is 7.29. The number of nitrogen functional groups attached to an aromatic ring is 1. The molecule has 4 heteroatoms. The topological polar surface area (TPSA) is 70.1 Å². The van der Waals surface area contributed by atoms with E-state index >= 15 is 0 Å². The molecule has 1 amide bonds. The summed E-state index contributed by atoms with van der Waals surface area (Å²) >= 11 is 0. The highest BCUT2D eigenvalue weighted by molar-refractivity contribution is 5.97. The molecule has 2 aliphatic rings. The minimum absolute atomic E-state index is 0.164. The zero-order valence-corrected chi connectivity index (χ0v) is 11.5. The van der Waals surface area contributed by atoms with Gasteiger partial charge in [-0.3, -0.25) is 4.79 Å². The second-order valence-electron chi connectivity index (χ2n) is 5.79. The van der Waals surface area contributed by atoms with E-state index < -0.39 is 0 Å². The van der Waals surface area contributed by atoms with Gasteiger partial charge in [-0.2, -0.15) is 5.26 Å². The van der Waals surface area contributed by atoms with E-state index in [2.05, 4.69) is 6.07 Å². The Hall–Kier alpha value is -2.02. The number of hydrogen-bond acceptors (Lipinski definition) is 3. The molecule has 1 aromatic rings. The first-order valence-corrected chi connectivity index (χ1v) is 7.29. The maximum absolute atomic E-state index is 12.3. The van der Waals surface area contributed by atoms with E-state index in [1.54, 1.807) is 0 Å². The molecular weight excluding hydrogens is 250 g/mol. The Morgan fingerprint density at radius 3 is 2.65 bits per heavy atom. The summed E-state index contributed by atoms with van der Waals surface area (Å²) in [6.45, 7) is 0. The van der Waals surface area contributed by atoms with Crippen LogP contribution in [0.1, 0.15) is 37.7 Å². The van der Waals surface area contributed by atoms with E-state index in [1.807, 2.05) is 23.1 Å². The summed E-state index contributed by atoms with van der Waals surface area (Å²) in [4.78, 5) is 14.3. The number of aryl methyl sites for hydroxylation is 1. The van der Waals surface area contributed by atoms with Gasteiger partial charge in [-0.05, 0) is 55.9 Å². The van der Waals surface area contributed by atoms with Gasteiger partial charge in [0.2, 0.25) is 5.91 Å². The SMILES string of the molecule is N#CC1CCC(N2C(=O)CCc3cc(N)ccc32)CC1. The molecule has 1 aliphatic heterocycles. The lowest BCUT2D eigenvalue weighted by atomic mass is 9.85. The van der Waals surface area contributed by atoms with Crippen LogP contribution in [0.25, 0.3) is 0 Å². The number of fused-ring (bicyclic) bond motifs is 1. The zero-order valence-electron chi connectivity index (χ0n) is 11.5. The molecular formula is C16H19N3O. The minimum Gasteiger partial charge on any atom is -0.399 e. The number of amides is 1. The average molecular weight is 269 g/mol. The Kier molecular flexibility index (Phi) is 3.35. The largest absolute Gasteiger partial charge is 0.399 e. The molecule has 0 spiro atoms. The molecule has 0 radical (unpaired) electrons. The normalized spacial score (nSPS) is 25.9. The zero-order chi connectivity index (χ0) is 14.1. The first kappa shape index (κ1) is 13.0. The molecule has 0 atom stereocenters. The summed E-state index contributed by atoms with van der Waals surface area (Å²) in [5, 5.41) is 8.98. The number of hydrogen-bond donors (Lipinski definition) is 1. The number of rotatable bonds is 1. The van der Waals surface area contributed by atoms with Gasteiger partial charge in [0.05, 0.1) is 6.07 Å². The van der Waals surface area contributed by atoms with Crippen molar-refractivity contribution in [3.8, 4) is 6.07 Å². The lowest BCUT2D eigenvalue weighted by Gasteiger charge is -2.39. The monoisotopic (exact) mass is 269 g/mol. The molecule has 0 unspecified atom stereocenters. The fraction of sp³-hybridized carbons (Fsp3) is 0.500. The van der Waals surface area contributed by atoms with Crippen molar-refractivity contribution in [2.24, 2.45) is 5.92 Å². The van der Waals surface area contributed by atoms with Crippen molar-refractivity contribution in [3.63, 3.8) is 0 Å². The van der Waals surface area contributed by atoms with Gasteiger partial charge >= 0.3 is 0 Å². The Labute approximate surface area is 119 Å². The molecule has 1 aromatic carbocycles. The van der Waals surface area contributed by atoms with Gasteiger partial charge in [0.1, 0.15) is 0 Å². The van der Waals surface area contributed by atoms with Crippen LogP contribution >= 0.6 is 0 Å². The smallest absolute Gasteiger partial charge is 0.227 e. The molecule has 104 valence electrons. The first-order chi connectivity index (χ1) is 9.69. The van der Waals surface area contributed by atoms with Crippen molar-refractivity contribution >= 4 is 17.3 Å². The fourth-order valence-corrected chi connectivity index (χ4v) is 3.40. The lowest BCUT2D eigenvalue weighted by Crippen LogP contribution is -2.45. The summed E-state index contributed by atoms with van der Waals surface area (Å²) in [6.07, 6.45) is 4.99. The summed E-state index contributed by atoms with van der Waals surface area (Å²) in [7, 11) is 0. The Balaban J connectivity index is 1.87. The van der Waals surface area contributed by atoms with E-state index in [0.717, 1.165) is 43.5 Å². The molecule has 20 heavy (non-hydrogen) atoms. The van der Waals surface area contributed by atoms with Crippen LogP contribution in [-0.2, 0) is 11.2 Å². The van der Waals surface area contributed by atoms with Crippen LogP contribution in [0.4, 0.5) is 11.4 Å². The molecule has 1 fully saturated rings. The van der Waals surface area contributed by atoms with Crippen molar-refractivity contribution in [1.29, 1.82) is 5.26 Å². The van der Waals surface area contributed by atoms with Crippen LogP contribution in [0.2, 0.25) is 0 Å². The predicted molar refractivity (Wildman–Crippen MR) is 78.0 cm³/mol.